The van der Waals surface area contributed by atoms with Crippen molar-refractivity contribution in [2.45, 2.75) is 36.3 Å². The van der Waals surface area contributed by atoms with E-state index >= 15 is 8.78 Å². The van der Waals surface area contributed by atoms with E-state index in [0.717, 1.165) is 27.6 Å². The average Bonchev–Trinajstić information content (AvgIpc) is 3.64. The Bertz CT molecular complexity index is 1960. The first kappa shape index (κ1) is 34.0. The summed E-state index contributed by atoms with van der Waals surface area (Å²) in [6, 6.07) is 26.8. The number of methoxy groups -OCH3 is 1. The quantitative estimate of drug-likeness (QED) is 0.0963. The molecular weight excluding hydrogens is 655 g/mol. The number of halogens is 2. The van der Waals surface area contributed by atoms with E-state index in [9.17, 15) is 9.67 Å². The topological polar surface area (TPSA) is 130 Å². The third kappa shape index (κ3) is 6.02. The number of hydrogen-bond acceptors (Lipinski definition) is 10. The summed E-state index contributed by atoms with van der Waals surface area (Å²) in [5, 5.41) is 14.3. The fraction of sp³-hybridized carbons (Fsp3) is 0.286. The van der Waals surface area contributed by atoms with Crippen LogP contribution in [-0.2, 0) is 19.4 Å². The Hall–Kier alpha value is -4.86. The molecule has 0 bridgehead atoms. The number of aliphatic hydroxyl groups excluding tert-OH is 1. The lowest BCUT2D eigenvalue weighted by molar-refractivity contribution is -0.201. The second kappa shape index (κ2) is 13.6. The molecule has 14 heteroatoms. The van der Waals surface area contributed by atoms with Crippen molar-refractivity contribution in [3.63, 3.8) is 0 Å². The zero-order chi connectivity index (χ0) is 34.8. The average molecular weight is 690 g/mol. The third-order valence-electron chi connectivity index (χ3n) is 8.33. The number of nitrogens with zero attached hydrogens (tertiary/aromatic N) is 4. The first-order valence-corrected chi connectivity index (χ1v) is 17.2. The van der Waals surface area contributed by atoms with E-state index < -0.39 is 44.0 Å². The fourth-order valence-corrected chi connectivity index (χ4v) is 6.36. The van der Waals surface area contributed by atoms with Crippen LogP contribution in [0.25, 0.3) is 11.2 Å². The Morgan fingerprint density at radius 1 is 1.04 bits per heavy atom. The molecule has 1 aliphatic rings. The summed E-state index contributed by atoms with van der Waals surface area (Å²) in [7, 11) is -1.08. The van der Waals surface area contributed by atoms with Crippen molar-refractivity contribution in [3.05, 3.63) is 108 Å². The number of fused-ring (bicyclic) bond motifs is 1. The molecule has 6 rings (SSSR count). The van der Waals surface area contributed by atoms with Gasteiger partial charge in [0, 0.05) is 6.66 Å². The van der Waals surface area contributed by atoms with E-state index in [1.165, 1.54) is 6.66 Å². The van der Waals surface area contributed by atoms with Gasteiger partial charge in [-0.1, -0.05) is 78.7 Å². The minimum atomic E-state index is -3.14. The van der Waals surface area contributed by atoms with Crippen LogP contribution in [0.1, 0.15) is 29.8 Å². The van der Waals surface area contributed by atoms with Crippen LogP contribution in [0, 0.1) is 12.3 Å². The minimum Gasteiger partial charge on any atom is -0.497 e. The van der Waals surface area contributed by atoms with Crippen LogP contribution < -0.4 is 14.8 Å². The molecule has 5 aromatic rings. The van der Waals surface area contributed by atoms with E-state index in [1.54, 1.807) is 14.0 Å². The number of aliphatic hydroxyl groups is 1. The second-order valence-electron chi connectivity index (χ2n) is 11.3. The number of nitrogens with one attached hydrogen (secondary N) is 1. The van der Waals surface area contributed by atoms with Gasteiger partial charge in [0.05, 0.1) is 20.0 Å². The van der Waals surface area contributed by atoms with Gasteiger partial charge in [-0.15, -0.1) is 6.42 Å². The molecule has 1 aliphatic heterocycles. The molecule has 11 nitrogen and oxygen atoms in total. The Morgan fingerprint density at radius 2 is 1.65 bits per heavy atom. The maximum atomic E-state index is 16.4. The van der Waals surface area contributed by atoms with Gasteiger partial charge in [-0.25, -0.2) is 13.8 Å². The molecule has 2 N–H and O–H groups in total. The Morgan fingerprint density at radius 3 is 2.20 bits per heavy atom. The molecule has 3 aromatic carbocycles. The highest BCUT2D eigenvalue weighted by Crippen LogP contribution is 2.49. The first-order valence-electron chi connectivity index (χ1n) is 15.4. The van der Waals surface area contributed by atoms with Gasteiger partial charge in [-0.3, -0.25) is 9.13 Å². The molecule has 0 aliphatic carbocycles. The third-order valence-corrected chi connectivity index (χ3v) is 8.88. The zero-order valence-electron chi connectivity index (χ0n) is 26.8. The summed E-state index contributed by atoms with van der Waals surface area (Å²) in [5.41, 5.74) is -1.69. The molecule has 1 saturated heterocycles. The molecule has 0 amide bonds. The van der Waals surface area contributed by atoms with Crippen molar-refractivity contribution in [2.24, 2.45) is 0 Å². The number of alkyl halides is 2. The molecule has 3 heterocycles. The number of anilines is 1. The van der Waals surface area contributed by atoms with Gasteiger partial charge in [0.15, 0.2) is 31.5 Å². The van der Waals surface area contributed by atoms with Crippen LogP contribution in [0.2, 0.25) is 0 Å². The molecule has 1 unspecified atom stereocenters. The van der Waals surface area contributed by atoms with Crippen molar-refractivity contribution in [1.82, 2.24) is 19.5 Å². The van der Waals surface area contributed by atoms with Crippen molar-refractivity contribution < 1.29 is 37.2 Å². The highest BCUT2D eigenvalue weighted by atomic mass is 31.1. The van der Waals surface area contributed by atoms with E-state index in [2.05, 4.69) is 15.3 Å². The van der Waals surface area contributed by atoms with Crippen molar-refractivity contribution in [2.75, 3.05) is 32.3 Å². The lowest BCUT2D eigenvalue weighted by Gasteiger charge is -2.37. The molecule has 0 spiro atoms. The van der Waals surface area contributed by atoms with E-state index in [4.69, 9.17) is 30.1 Å². The fourth-order valence-electron chi connectivity index (χ4n) is 5.96. The van der Waals surface area contributed by atoms with Crippen molar-refractivity contribution in [3.8, 4) is 24.0 Å². The summed E-state index contributed by atoms with van der Waals surface area (Å²) in [4.78, 5) is 13.8. The zero-order valence-corrected chi connectivity index (χ0v) is 27.8. The standard InChI is InChI=1S/C35H34F2N5O6P/c1-5-33(36)30(43)34(37,21-47-49(4)44)48-31(33)42-22-38-27-28(42)39-32(40-29(27)46-6-2)41-35(23-13-9-7-10-14-23,24-15-11-8-12-16-24)25-17-19-26(45-3)20-18-25/h1,7-20,22,30-31,43,49H,6,21H2,2-4H3,(H,39,40,41)/t30-,31+,33+,34+/m0/s1. The summed E-state index contributed by atoms with van der Waals surface area (Å²) >= 11 is 0. The smallest absolute Gasteiger partial charge is 0.265 e. The molecule has 0 radical (unpaired) electrons. The summed E-state index contributed by atoms with van der Waals surface area (Å²) in [5.74, 6) is -0.564. The van der Waals surface area contributed by atoms with Crippen molar-refractivity contribution >= 4 is 25.1 Å². The normalized spacial score (nSPS) is 22.8. The predicted molar refractivity (Wildman–Crippen MR) is 179 cm³/mol. The van der Waals surface area contributed by atoms with E-state index in [0.29, 0.717) is 5.75 Å². The van der Waals surface area contributed by atoms with Gasteiger partial charge >= 0.3 is 0 Å². The first-order chi connectivity index (χ1) is 23.6. The Labute approximate surface area is 282 Å². The van der Waals surface area contributed by atoms with Gasteiger partial charge in [-0.05, 0) is 35.7 Å². The van der Waals surface area contributed by atoms with Crippen LogP contribution in [0.3, 0.4) is 0 Å². The number of hydrogen-bond donors (Lipinski definition) is 2. The summed E-state index contributed by atoms with van der Waals surface area (Å²) in [6.45, 7) is 2.14. The van der Waals surface area contributed by atoms with Crippen LogP contribution in [0.15, 0.2) is 91.3 Å². The second-order valence-corrected chi connectivity index (χ2v) is 12.6. The molecule has 254 valence electrons. The molecule has 5 atom stereocenters. The van der Waals surface area contributed by atoms with Gasteiger partial charge in [-0.2, -0.15) is 9.97 Å². The highest BCUT2D eigenvalue weighted by molar-refractivity contribution is 7.38. The van der Waals surface area contributed by atoms with Gasteiger partial charge in [0.1, 0.15) is 17.9 Å². The van der Waals surface area contributed by atoms with Crippen LogP contribution in [0.4, 0.5) is 14.7 Å². The monoisotopic (exact) mass is 689 g/mol. The van der Waals surface area contributed by atoms with Crippen LogP contribution in [0.5, 0.6) is 11.6 Å². The summed E-state index contributed by atoms with van der Waals surface area (Å²) in [6.07, 6.45) is 2.23. The Kier molecular flexibility index (Phi) is 9.42. The largest absolute Gasteiger partial charge is 0.497 e. The molecular formula is C35H34F2N5O6P. The predicted octanol–water partition coefficient (Wildman–Crippen LogP) is 5.66. The number of imidazole rings is 1. The van der Waals surface area contributed by atoms with Crippen molar-refractivity contribution in [1.29, 1.82) is 0 Å². The maximum Gasteiger partial charge on any atom is 0.265 e. The maximum absolute atomic E-state index is 16.4. The van der Waals surface area contributed by atoms with E-state index in [-0.39, 0.29) is 29.6 Å². The highest BCUT2D eigenvalue weighted by Gasteiger charge is 2.67. The van der Waals surface area contributed by atoms with Crippen LogP contribution >= 0.6 is 8.03 Å². The molecule has 0 saturated carbocycles. The van der Waals surface area contributed by atoms with Gasteiger partial charge < -0.3 is 29.2 Å². The lowest BCUT2D eigenvalue weighted by Crippen LogP contribution is -2.47. The number of benzene rings is 3. The van der Waals surface area contributed by atoms with Gasteiger partial charge in [0.2, 0.25) is 17.5 Å². The van der Waals surface area contributed by atoms with Gasteiger partial charge in [0.25, 0.3) is 5.85 Å². The number of aromatic nitrogens is 4. The lowest BCUT2D eigenvalue weighted by atomic mass is 9.77. The van der Waals surface area contributed by atoms with E-state index in [1.807, 2.05) is 90.8 Å². The molecule has 2 aromatic heterocycles. The number of ether oxygens (including phenoxy) is 3. The van der Waals surface area contributed by atoms with Crippen LogP contribution in [-0.4, -0.2) is 69.2 Å². The molecule has 49 heavy (non-hydrogen) atoms. The minimum absolute atomic E-state index is 0.0318. The molecule has 1 fully saturated rings. The summed E-state index contributed by atoms with van der Waals surface area (Å²) < 4.78 is 66.7. The number of rotatable bonds is 12. The number of terminal acetylenes is 1. The SMILES string of the molecule is C#C[C@]1(F)[C@H](n2cnc3c(OCC)nc(NC(c4ccccc4)(c4ccccc4)c4ccc(OC)cc4)nc32)O[C@](F)(CO[PH](C)=O)[C@H]1O. The Balaban J connectivity index is 1.55.